The third kappa shape index (κ3) is 5.74. The van der Waals surface area contributed by atoms with Crippen LogP contribution in [-0.4, -0.2) is 29.5 Å². The first-order valence-electron chi connectivity index (χ1n) is 10.8. The van der Waals surface area contributed by atoms with Gasteiger partial charge in [0.15, 0.2) is 0 Å². The number of para-hydroxylation sites is 2. The van der Waals surface area contributed by atoms with E-state index in [1.807, 2.05) is 60.7 Å². The predicted molar refractivity (Wildman–Crippen MR) is 130 cm³/mol. The lowest BCUT2D eigenvalue weighted by molar-refractivity contribution is 0.0950. The Morgan fingerprint density at radius 2 is 1.79 bits per heavy atom. The van der Waals surface area contributed by atoms with Gasteiger partial charge in [-0.15, -0.1) is 0 Å². The maximum Gasteiger partial charge on any atom is 0.253 e. The lowest BCUT2D eigenvalue weighted by Gasteiger charge is -2.13. The van der Waals surface area contributed by atoms with Crippen molar-refractivity contribution in [1.82, 2.24) is 15.3 Å². The lowest BCUT2D eigenvalue weighted by atomic mass is 10.1. The first-order valence-corrected chi connectivity index (χ1v) is 10.8. The number of pyridine rings is 2. The summed E-state index contributed by atoms with van der Waals surface area (Å²) in [5.74, 6) is 0.729. The average molecular weight is 439 g/mol. The molecule has 0 aliphatic carbocycles. The Morgan fingerprint density at radius 1 is 0.939 bits per heavy atom. The molecule has 0 atom stereocenters. The van der Waals surface area contributed by atoms with Gasteiger partial charge in [0.2, 0.25) is 0 Å². The molecule has 0 saturated heterocycles. The van der Waals surface area contributed by atoms with Crippen LogP contribution in [0.25, 0.3) is 11.3 Å². The van der Waals surface area contributed by atoms with E-state index in [9.17, 15) is 4.79 Å². The SMILES string of the molecule is COc1ccccc1CCNc1ccccc1-c1ccc(C(=O)NCc2cccnc2)cn1. The van der Waals surface area contributed by atoms with E-state index < -0.39 is 0 Å². The number of aromatic nitrogens is 2. The first kappa shape index (κ1) is 22.0. The average Bonchev–Trinajstić information content (AvgIpc) is 2.88. The zero-order chi connectivity index (χ0) is 22.9. The molecule has 6 heteroatoms. The predicted octanol–water partition coefficient (Wildman–Crippen LogP) is 4.74. The Hall–Kier alpha value is -4.19. The molecule has 0 bridgehead atoms. The van der Waals surface area contributed by atoms with Crippen molar-refractivity contribution < 1.29 is 9.53 Å². The fraction of sp³-hybridized carbons (Fsp3) is 0.148. The highest BCUT2D eigenvalue weighted by Gasteiger charge is 2.10. The summed E-state index contributed by atoms with van der Waals surface area (Å²) in [5, 5.41) is 6.40. The van der Waals surface area contributed by atoms with E-state index in [4.69, 9.17) is 4.74 Å². The van der Waals surface area contributed by atoms with Crippen LogP contribution in [-0.2, 0) is 13.0 Å². The maximum absolute atomic E-state index is 12.5. The Morgan fingerprint density at radius 3 is 2.58 bits per heavy atom. The molecule has 2 N–H and O–H groups in total. The van der Waals surface area contributed by atoms with Crippen molar-refractivity contribution in [3.8, 4) is 17.0 Å². The second-order valence-electron chi connectivity index (χ2n) is 7.51. The number of benzene rings is 2. The fourth-order valence-electron chi connectivity index (χ4n) is 3.58. The van der Waals surface area contributed by atoms with Gasteiger partial charge >= 0.3 is 0 Å². The molecule has 1 amide bonds. The topological polar surface area (TPSA) is 76.1 Å². The molecular formula is C27H26N4O2. The number of hydrogen-bond acceptors (Lipinski definition) is 5. The second kappa shape index (κ2) is 10.9. The molecule has 2 heterocycles. The molecule has 4 rings (SSSR count). The van der Waals surface area contributed by atoms with E-state index in [1.54, 1.807) is 31.8 Å². The molecule has 0 aliphatic rings. The van der Waals surface area contributed by atoms with E-state index >= 15 is 0 Å². The smallest absolute Gasteiger partial charge is 0.253 e. The van der Waals surface area contributed by atoms with Crippen molar-refractivity contribution in [3.05, 3.63) is 108 Å². The van der Waals surface area contributed by atoms with Gasteiger partial charge < -0.3 is 15.4 Å². The Labute approximate surface area is 193 Å². The van der Waals surface area contributed by atoms with Crippen LogP contribution in [0.15, 0.2) is 91.4 Å². The molecule has 4 aromatic rings. The van der Waals surface area contributed by atoms with Crippen LogP contribution in [0.5, 0.6) is 5.75 Å². The van der Waals surface area contributed by atoms with Crippen LogP contribution >= 0.6 is 0 Å². The molecule has 2 aromatic carbocycles. The summed E-state index contributed by atoms with van der Waals surface area (Å²) in [6, 6.07) is 23.5. The maximum atomic E-state index is 12.5. The number of nitrogens with one attached hydrogen (secondary N) is 2. The molecule has 6 nitrogen and oxygen atoms in total. The van der Waals surface area contributed by atoms with Crippen LogP contribution in [0, 0.1) is 0 Å². The highest BCUT2D eigenvalue weighted by Crippen LogP contribution is 2.26. The van der Waals surface area contributed by atoms with Gasteiger partial charge in [-0.2, -0.15) is 0 Å². The summed E-state index contributed by atoms with van der Waals surface area (Å²) in [6.45, 7) is 1.18. The zero-order valence-corrected chi connectivity index (χ0v) is 18.5. The Kier molecular flexibility index (Phi) is 7.28. The number of hydrogen-bond donors (Lipinski definition) is 2. The third-order valence-electron chi connectivity index (χ3n) is 5.31. The number of ether oxygens (including phenoxy) is 1. The Bertz CT molecular complexity index is 1190. The van der Waals surface area contributed by atoms with Crippen molar-refractivity contribution in [2.24, 2.45) is 0 Å². The summed E-state index contributed by atoms with van der Waals surface area (Å²) < 4.78 is 5.44. The molecule has 0 spiro atoms. The summed E-state index contributed by atoms with van der Waals surface area (Å²) >= 11 is 0. The van der Waals surface area contributed by atoms with Crippen LogP contribution in [0.2, 0.25) is 0 Å². The van der Waals surface area contributed by atoms with Crippen molar-refractivity contribution >= 4 is 11.6 Å². The van der Waals surface area contributed by atoms with E-state index in [2.05, 4.69) is 26.7 Å². The van der Waals surface area contributed by atoms with Crippen LogP contribution in [0.3, 0.4) is 0 Å². The number of anilines is 1. The molecular weight excluding hydrogens is 412 g/mol. The number of carbonyl (C=O) groups excluding carboxylic acids is 1. The van der Waals surface area contributed by atoms with E-state index in [0.29, 0.717) is 12.1 Å². The van der Waals surface area contributed by atoms with Crippen molar-refractivity contribution in [1.29, 1.82) is 0 Å². The second-order valence-corrected chi connectivity index (χ2v) is 7.51. The highest BCUT2D eigenvalue weighted by molar-refractivity contribution is 5.94. The number of amides is 1. The molecule has 166 valence electrons. The first-order chi connectivity index (χ1) is 16.2. The minimum absolute atomic E-state index is 0.166. The summed E-state index contributed by atoms with van der Waals surface area (Å²) in [7, 11) is 1.69. The molecule has 0 fully saturated rings. The number of rotatable bonds is 9. The van der Waals surface area contributed by atoms with Gasteiger partial charge in [0, 0.05) is 42.9 Å². The normalized spacial score (nSPS) is 10.5. The van der Waals surface area contributed by atoms with Crippen LogP contribution in [0.1, 0.15) is 21.5 Å². The molecule has 0 saturated carbocycles. The van der Waals surface area contributed by atoms with Gasteiger partial charge in [-0.1, -0.05) is 42.5 Å². The molecule has 0 unspecified atom stereocenters. The largest absolute Gasteiger partial charge is 0.496 e. The van der Waals surface area contributed by atoms with Gasteiger partial charge in [-0.25, -0.2) is 0 Å². The van der Waals surface area contributed by atoms with Crippen molar-refractivity contribution in [3.63, 3.8) is 0 Å². The number of methoxy groups -OCH3 is 1. The number of carbonyl (C=O) groups is 1. The standard InChI is InChI=1S/C27H26N4O2/c1-33-26-11-5-2-8-21(26)14-16-29-24-10-4-3-9-23(24)25-13-12-22(19-30-25)27(32)31-18-20-7-6-15-28-17-20/h2-13,15,17,19,29H,14,16,18H2,1H3,(H,31,32). The van der Waals surface area contributed by atoms with Gasteiger partial charge in [0.25, 0.3) is 5.91 Å². The van der Waals surface area contributed by atoms with E-state index in [1.165, 1.54) is 0 Å². The lowest BCUT2D eigenvalue weighted by Crippen LogP contribution is -2.22. The summed E-state index contributed by atoms with van der Waals surface area (Å²) in [6.07, 6.45) is 5.89. The molecule has 33 heavy (non-hydrogen) atoms. The van der Waals surface area contributed by atoms with Crippen molar-refractivity contribution in [2.75, 3.05) is 19.0 Å². The zero-order valence-electron chi connectivity index (χ0n) is 18.5. The van der Waals surface area contributed by atoms with E-state index in [-0.39, 0.29) is 5.91 Å². The minimum Gasteiger partial charge on any atom is -0.496 e. The van der Waals surface area contributed by atoms with Gasteiger partial charge in [0.1, 0.15) is 5.75 Å². The van der Waals surface area contributed by atoms with Gasteiger partial charge in [-0.3, -0.25) is 14.8 Å². The molecule has 0 radical (unpaired) electrons. The van der Waals surface area contributed by atoms with Gasteiger partial charge in [-0.05, 0) is 47.9 Å². The molecule has 0 aliphatic heterocycles. The van der Waals surface area contributed by atoms with Crippen LogP contribution in [0.4, 0.5) is 5.69 Å². The highest BCUT2D eigenvalue weighted by atomic mass is 16.5. The quantitative estimate of drug-likeness (QED) is 0.395. The van der Waals surface area contributed by atoms with E-state index in [0.717, 1.165) is 46.8 Å². The third-order valence-corrected chi connectivity index (χ3v) is 5.31. The fourth-order valence-corrected chi connectivity index (χ4v) is 3.58. The summed E-state index contributed by atoms with van der Waals surface area (Å²) in [5.41, 5.74) is 5.41. The molecule has 2 aromatic heterocycles. The Balaban J connectivity index is 1.40. The van der Waals surface area contributed by atoms with Crippen molar-refractivity contribution in [2.45, 2.75) is 13.0 Å². The summed E-state index contributed by atoms with van der Waals surface area (Å²) in [4.78, 5) is 21.1. The monoisotopic (exact) mass is 438 g/mol. The number of nitrogens with zero attached hydrogens (tertiary/aromatic N) is 2. The van der Waals surface area contributed by atoms with Crippen LogP contribution < -0.4 is 15.4 Å². The minimum atomic E-state index is -0.166. The van der Waals surface area contributed by atoms with Gasteiger partial charge in [0.05, 0.1) is 18.4 Å².